The van der Waals surface area contributed by atoms with Gasteiger partial charge in [0.1, 0.15) is 21.6 Å². The summed E-state index contributed by atoms with van der Waals surface area (Å²) in [6.07, 6.45) is 3.41. The number of carbonyl (C=O) groups excluding carboxylic acids is 1. The highest BCUT2D eigenvalue weighted by Crippen LogP contribution is 2.52. The molecule has 3 aromatic heterocycles. The number of benzene rings is 1. The molecule has 0 radical (unpaired) electrons. The molecule has 3 aliphatic rings. The van der Waals surface area contributed by atoms with E-state index in [0.29, 0.717) is 35.4 Å². The van der Waals surface area contributed by atoms with Crippen molar-refractivity contribution in [1.82, 2.24) is 24.1 Å². The van der Waals surface area contributed by atoms with E-state index in [1.807, 2.05) is 6.08 Å². The van der Waals surface area contributed by atoms with Gasteiger partial charge in [0.05, 0.1) is 28.6 Å². The lowest BCUT2D eigenvalue weighted by molar-refractivity contribution is -0.137. The minimum Gasteiger partial charge on any atom is -0.291 e. The lowest BCUT2D eigenvalue weighted by Crippen LogP contribution is -2.51. The quantitative estimate of drug-likeness (QED) is 0.113. The van der Waals surface area contributed by atoms with E-state index >= 15 is 0 Å². The van der Waals surface area contributed by atoms with E-state index in [9.17, 15) is 30.8 Å². The average Bonchev–Trinajstić information content (AvgIpc) is 3.79. The maximum Gasteiger partial charge on any atom is 0.416 e. The molecule has 1 aromatic carbocycles. The Balaban J connectivity index is 1.33. The summed E-state index contributed by atoms with van der Waals surface area (Å²) in [5.74, 6) is -0.868. The smallest absolute Gasteiger partial charge is 0.291 e. The van der Waals surface area contributed by atoms with Crippen LogP contribution in [0.1, 0.15) is 59.4 Å². The molecule has 0 saturated heterocycles. The normalized spacial score (nSPS) is 21.2. The number of halogens is 5. The molecule has 8 nitrogen and oxygen atoms in total. The zero-order valence-corrected chi connectivity index (χ0v) is 26.4. The van der Waals surface area contributed by atoms with Crippen LogP contribution in [0.2, 0.25) is 5.15 Å². The van der Waals surface area contributed by atoms with E-state index < -0.39 is 44.8 Å². The number of fused-ring (bicyclic) bond motifs is 2. The minimum atomic E-state index is -4.69. The van der Waals surface area contributed by atoms with Gasteiger partial charge in [-0.25, -0.2) is 22.5 Å². The van der Waals surface area contributed by atoms with Crippen LogP contribution in [0.15, 0.2) is 77.6 Å². The van der Waals surface area contributed by atoms with Gasteiger partial charge in [0.25, 0.3) is 0 Å². The van der Waals surface area contributed by atoms with Gasteiger partial charge in [-0.2, -0.15) is 22.6 Å². The lowest BCUT2D eigenvalue weighted by Gasteiger charge is -2.46. The van der Waals surface area contributed by atoms with Crippen molar-refractivity contribution in [2.75, 3.05) is 6.54 Å². The first kappa shape index (κ1) is 31.6. The third kappa shape index (κ3) is 5.89. The second-order valence-corrected chi connectivity index (χ2v) is 14.6. The van der Waals surface area contributed by atoms with Crippen molar-refractivity contribution in [2.45, 2.75) is 55.6 Å². The van der Waals surface area contributed by atoms with Crippen molar-refractivity contribution in [1.29, 1.82) is 0 Å². The molecule has 0 aliphatic heterocycles. The first-order chi connectivity index (χ1) is 22.3. The third-order valence-electron chi connectivity index (χ3n) is 9.31. The number of carbonyl (C=O) groups is 1. The summed E-state index contributed by atoms with van der Waals surface area (Å²) < 4.78 is 86.2. The Kier molecular flexibility index (Phi) is 7.84. The molecule has 0 spiro atoms. The molecule has 7 rings (SSSR count). The van der Waals surface area contributed by atoms with E-state index in [1.165, 1.54) is 34.8 Å². The number of rotatable bonds is 8. The van der Waals surface area contributed by atoms with Crippen LogP contribution in [-0.2, 0) is 22.6 Å². The monoisotopic (exact) mass is 685 g/mol. The van der Waals surface area contributed by atoms with Gasteiger partial charge in [-0.3, -0.25) is 9.78 Å². The van der Waals surface area contributed by atoms with Gasteiger partial charge >= 0.3 is 6.18 Å². The maximum atomic E-state index is 14.6. The Bertz CT molecular complexity index is 1990. The molecule has 2 saturated carbocycles. The molecule has 4 aromatic rings. The summed E-state index contributed by atoms with van der Waals surface area (Å²) in [5, 5.41) is 4.64. The fourth-order valence-corrected chi connectivity index (χ4v) is 8.53. The van der Waals surface area contributed by atoms with Crippen molar-refractivity contribution >= 4 is 33.5 Å². The molecule has 3 aliphatic carbocycles. The highest BCUT2D eigenvalue weighted by atomic mass is 35.5. The Morgan fingerprint density at radius 2 is 1.81 bits per heavy atom. The number of aromatic nitrogens is 4. The van der Waals surface area contributed by atoms with Crippen LogP contribution in [0, 0.1) is 17.2 Å². The van der Waals surface area contributed by atoms with Crippen LogP contribution in [0.4, 0.5) is 17.6 Å². The molecule has 0 N–H and O–H groups in total. The van der Waals surface area contributed by atoms with Gasteiger partial charge in [-0.05, 0) is 105 Å². The number of hydrogen-bond donors (Lipinski definition) is 0. The van der Waals surface area contributed by atoms with Gasteiger partial charge in [0, 0.05) is 25.0 Å². The Morgan fingerprint density at radius 1 is 1.04 bits per heavy atom. The number of sulfonamides is 1. The van der Waals surface area contributed by atoms with E-state index in [4.69, 9.17) is 11.6 Å². The van der Waals surface area contributed by atoms with E-state index in [2.05, 4.69) is 15.1 Å². The SMILES string of the molecule is O=C(c1cc(C(F)(F)F)ccn1)[C@]12Cc3cnn(-c4ccc(F)cc4)c3C=C1CC[C@H](N(CC1CC1)S(=O)(=O)c1ccc(Cl)nc1)C2. The van der Waals surface area contributed by atoms with Crippen molar-refractivity contribution in [2.24, 2.45) is 11.3 Å². The standard InChI is InChI=1S/C33H28ClF4N5O3S/c34-30-10-9-27(18-40-30)47(45,46)42(19-20-1-2-20)26-6-3-22-14-29-21(17-41-43(29)25-7-4-24(35)5-8-25)15-32(22,16-26)31(44)28-13-23(11-12-39-28)33(36,37)38/h4-5,7-14,17-18,20,26H,1-3,6,15-16,19H2/t26-,32-/m0/s1. The summed E-state index contributed by atoms with van der Waals surface area (Å²) in [6, 6.07) is 9.48. The van der Waals surface area contributed by atoms with E-state index in [-0.39, 0.29) is 41.0 Å². The topological polar surface area (TPSA) is 98.0 Å². The molecule has 14 heteroatoms. The molecule has 3 heterocycles. The third-order valence-corrected chi connectivity index (χ3v) is 11.4. The maximum absolute atomic E-state index is 14.6. The van der Waals surface area contributed by atoms with Crippen molar-refractivity contribution in [3.63, 3.8) is 0 Å². The van der Waals surface area contributed by atoms with Gasteiger partial charge in [0.15, 0.2) is 5.78 Å². The Morgan fingerprint density at radius 3 is 2.49 bits per heavy atom. The first-order valence-electron chi connectivity index (χ1n) is 15.1. The molecule has 244 valence electrons. The summed E-state index contributed by atoms with van der Waals surface area (Å²) in [4.78, 5) is 22.6. The first-order valence-corrected chi connectivity index (χ1v) is 16.9. The van der Waals surface area contributed by atoms with Crippen LogP contribution in [-0.4, -0.2) is 50.8 Å². The molecule has 0 bridgehead atoms. The number of ketones is 1. The van der Waals surface area contributed by atoms with Crippen LogP contribution in [0.3, 0.4) is 0 Å². The molecule has 0 unspecified atom stereocenters. The number of Topliss-reactive ketones (excluding diaryl/α,β-unsaturated/α-hetero) is 1. The molecule has 0 amide bonds. The number of allylic oxidation sites excluding steroid dienone is 1. The molecule has 2 fully saturated rings. The summed E-state index contributed by atoms with van der Waals surface area (Å²) in [6.45, 7) is 0.245. The van der Waals surface area contributed by atoms with Gasteiger partial charge < -0.3 is 0 Å². The van der Waals surface area contributed by atoms with Gasteiger partial charge in [-0.15, -0.1) is 0 Å². The molecule has 2 atom stereocenters. The summed E-state index contributed by atoms with van der Waals surface area (Å²) in [7, 11) is -4.08. The van der Waals surface area contributed by atoms with Crippen LogP contribution < -0.4 is 0 Å². The zero-order valence-electron chi connectivity index (χ0n) is 24.8. The predicted molar refractivity (Wildman–Crippen MR) is 165 cm³/mol. The Labute approximate surface area is 273 Å². The highest BCUT2D eigenvalue weighted by Gasteiger charge is 2.52. The molecular weight excluding hydrogens is 658 g/mol. The van der Waals surface area contributed by atoms with Crippen LogP contribution >= 0.6 is 11.6 Å². The second kappa shape index (κ2) is 11.6. The van der Waals surface area contributed by atoms with Crippen molar-refractivity contribution < 1.29 is 30.8 Å². The minimum absolute atomic E-state index is 0.0315. The highest BCUT2D eigenvalue weighted by molar-refractivity contribution is 7.89. The van der Waals surface area contributed by atoms with E-state index in [0.717, 1.165) is 31.2 Å². The largest absolute Gasteiger partial charge is 0.416 e. The number of hydrogen-bond acceptors (Lipinski definition) is 6. The fraction of sp³-hybridized carbons (Fsp3) is 0.333. The zero-order chi connectivity index (χ0) is 33.1. The van der Waals surface area contributed by atoms with E-state index in [1.54, 1.807) is 23.0 Å². The summed E-state index contributed by atoms with van der Waals surface area (Å²) in [5.41, 5.74) is -0.170. The van der Waals surface area contributed by atoms with Crippen molar-refractivity contribution in [3.05, 3.63) is 106 Å². The average molecular weight is 686 g/mol. The number of pyridine rings is 2. The second-order valence-electron chi connectivity index (χ2n) is 12.4. The number of alkyl halides is 3. The van der Waals surface area contributed by atoms with Crippen LogP contribution in [0.5, 0.6) is 0 Å². The molecular formula is C33H28ClF4N5O3S. The number of nitrogens with zero attached hydrogens (tertiary/aromatic N) is 5. The lowest BCUT2D eigenvalue weighted by atomic mass is 9.60. The van der Waals surface area contributed by atoms with Crippen LogP contribution in [0.25, 0.3) is 11.8 Å². The van der Waals surface area contributed by atoms with Gasteiger partial charge in [0.2, 0.25) is 10.0 Å². The molecule has 47 heavy (non-hydrogen) atoms. The van der Waals surface area contributed by atoms with Crippen molar-refractivity contribution in [3.8, 4) is 5.69 Å². The predicted octanol–water partition coefficient (Wildman–Crippen LogP) is 6.94. The van der Waals surface area contributed by atoms with Gasteiger partial charge in [-0.1, -0.05) is 17.2 Å². The summed E-state index contributed by atoms with van der Waals surface area (Å²) >= 11 is 5.94. The Hall–Kier alpha value is -3.94. The fourth-order valence-electron chi connectivity index (χ4n) is 6.74.